The summed E-state index contributed by atoms with van der Waals surface area (Å²) in [6.45, 7) is 3.66. The van der Waals surface area contributed by atoms with Gasteiger partial charge in [0.15, 0.2) is 17.0 Å². The van der Waals surface area contributed by atoms with Crippen molar-refractivity contribution in [1.82, 2.24) is 24.4 Å². The Morgan fingerprint density at radius 1 is 0.972 bits per heavy atom. The molecule has 36 heavy (non-hydrogen) atoms. The van der Waals surface area contributed by atoms with Crippen molar-refractivity contribution in [3.63, 3.8) is 0 Å². The minimum atomic E-state index is 0. The number of hydrogen-bond acceptors (Lipinski definition) is 7. The molecular formula is C25H42Cl2N8O. The summed E-state index contributed by atoms with van der Waals surface area (Å²) in [5.41, 5.74) is 7.89. The van der Waals surface area contributed by atoms with Gasteiger partial charge in [-0.05, 0) is 57.8 Å². The minimum absolute atomic E-state index is 0. The van der Waals surface area contributed by atoms with Gasteiger partial charge >= 0.3 is 0 Å². The molecule has 1 aliphatic heterocycles. The predicted octanol–water partition coefficient (Wildman–Crippen LogP) is 4.67. The SMILES string of the molecule is CCCC(=O)N1CCC(Nc2nc(NC3CCC(N)CC3)nc3c2ncn3C2CCCC2)CC1.Cl.Cl. The predicted molar refractivity (Wildman–Crippen MR) is 149 cm³/mol. The molecule has 0 radical (unpaired) electrons. The first-order valence-corrected chi connectivity index (χ1v) is 13.4. The van der Waals surface area contributed by atoms with Crippen molar-refractivity contribution in [3.05, 3.63) is 6.33 Å². The average molecular weight is 542 g/mol. The normalized spacial score (nSPS) is 23.2. The summed E-state index contributed by atoms with van der Waals surface area (Å²) in [5.74, 6) is 1.78. The quantitative estimate of drug-likeness (QED) is 0.467. The smallest absolute Gasteiger partial charge is 0.227 e. The number of hydrogen-bond donors (Lipinski definition) is 3. The van der Waals surface area contributed by atoms with Crippen molar-refractivity contribution >= 4 is 53.7 Å². The molecule has 202 valence electrons. The molecule has 0 aromatic carbocycles. The van der Waals surface area contributed by atoms with Crippen LogP contribution in [-0.4, -0.2) is 61.5 Å². The lowest BCUT2D eigenvalue weighted by molar-refractivity contribution is -0.132. The summed E-state index contributed by atoms with van der Waals surface area (Å²) in [7, 11) is 0. The first-order valence-electron chi connectivity index (χ1n) is 13.4. The lowest BCUT2D eigenvalue weighted by Gasteiger charge is -2.33. The number of amides is 1. The van der Waals surface area contributed by atoms with Gasteiger partial charge in [-0.25, -0.2) is 4.98 Å². The van der Waals surface area contributed by atoms with E-state index >= 15 is 0 Å². The highest BCUT2D eigenvalue weighted by Crippen LogP contribution is 2.34. The first-order chi connectivity index (χ1) is 16.6. The Balaban J connectivity index is 0.00000180. The number of anilines is 2. The van der Waals surface area contributed by atoms with Crippen LogP contribution in [0.15, 0.2) is 6.33 Å². The van der Waals surface area contributed by atoms with E-state index < -0.39 is 0 Å². The zero-order valence-corrected chi connectivity index (χ0v) is 23.0. The van der Waals surface area contributed by atoms with Gasteiger partial charge in [-0.3, -0.25) is 4.79 Å². The number of imidazole rings is 1. The Hall–Kier alpha value is -1.84. The molecule has 3 heterocycles. The third-order valence-electron chi connectivity index (χ3n) is 7.90. The molecule has 5 rings (SSSR count). The summed E-state index contributed by atoms with van der Waals surface area (Å²) >= 11 is 0. The fourth-order valence-electron chi connectivity index (χ4n) is 5.82. The van der Waals surface area contributed by atoms with E-state index in [9.17, 15) is 4.79 Å². The van der Waals surface area contributed by atoms with Crippen molar-refractivity contribution in [1.29, 1.82) is 0 Å². The van der Waals surface area contributed by atoms with Crippen LogP contribution < -0.4 is 16.4 Å². The second-order valence-corrected chi connectivity index (χ2v) is 10.5. The van der Waals surface area contributed by atoms with Crippen LogP contribution in [0.2, 0.25) is 0 Å². The lowest BCUT2D eigenvalue weighted by atomic mass is 9.92. The Morgan fingerprint density at radius 2 is 1.64 bits per heavy atom. The number of fused-ring (bicyclic) bond motifs is 1. The number of nitrogens with one attached hydrogen (secondary N) is 2. The molecule has 1 saturated heterocycles. The maximum atomic E-state index is 12.3. The Morgan fingerprint density at radius 3 is 2.31 bits per heavy atom. The van der Waals surface area contributed by atoms with Gasteiger partial charge < -0.3 is 25.8 Å². The van der Waals surface area contributed by atoms with Gasteiger partial charge in [0.2, 0.25) is 11.9 Å². The fourth-order valence-corrected chi connectivity index (χ4v) is 5.82. The van der Waals surface area contributed by atoms with E-state index in [-0.39, 0.29) is 36.8 Å². The molecule has 2 aromatic heterocycles. The van der Waals surface area contributed by atoms with E-state index in [0.717, 1.165) is 75.0 Å². The van der Waals surface area contributed by atoms with E-state index in [4.69, 9.17) is 20.7 Å². The fraction of sp³-hybridized carbons (Fsp3) is 0.760. The molecule has 11 heteroatoms. The van der Waals surface area contributed by atoms with Crippen LogP contribution in [-0.2, 0) is 4.79 Å². The minimum Gasteiger partial charge on any atom is -0.365 e. The maximum Gasteiger partial charge on any atom is 0.227 e. The molecule has 3 fully saturated rings. The lowest BCUT2D eigenvalue weighted by Crippen LogP contribution is -2.42. The topological polar surface area (TPSA) is 114 Å². The van der Waals surface area contributed by atoms with Gasteiger partial charge in [-0.1, -0.05) is 19.8 Å². The number of aromatic nitrogens is 4. The Kier molecular flexibility index (Phi) is 10.5. The number of halogens is 2. The van der Waals surface area contributed by atoms with Crippen LogP contribution in [0.25, 0.3) is 11.2 Å². The highest BCUT2D eigenvalue weighted by atomic mass is 35.5. The highest BCUT2D eigenvalue weighted by molar-refractivity contribution is 5.86. The second kappa shape index (κ2) is 13.1. The van der Waals surface area contributed by atoms with Crippen molar-refractivity contribution in [2.75, 3.05) is 23.7 Å². The molecular weight excluding hydrogens is 499 g/mol. The zero-order valence-electron chi connectivity index (χ0n) is 21.3. The summed E-state index contributed by atoms with van der Waals surface area (Å²) < 4.78 is 2.27. The van der Waals surface area contributed by atoms with Gasteiger partial charge in [0.05, 0.1) is 6.33 Å². The number of likely N-dealkylation sites (tertiary alicyclic amines) is 1. The largest absolute Gasteiger partial charge is 0.365 e. The molecule has 2 saturated carbocycles. The van der Waals surface area contributed by atoms with E-state index in [1.165, 1.54) is 25.7 Å². The molecule has 2 aromatic rings. The standard InChI is InChI=1S/C25H40N8O.2ClH/c1-2-5-21(34)32-14-12-19(13-15-32)28-23-22-24(33(16-27-22)20-6-3-4-7-20)31-25(30-23)29-18-10-8-17(26)9-11-18;;/h16-20H,2-15,26H2,1H3,(H2,28,29,30,31);2*1H. The summed E-state index contributed by atoms with van der Waals surface area (Å²) in [6, 6.07) is 1.43. The summed E-state index contributed by atoms with van der Waals surface area (Å²) in [5, 5.41) is 7.28. The van der Waals surface area contributed by atoms with E-state index in [2.05, 4.69) is 22.1 Å². The van der Waals surface area contributed by atoms with E-state index in [1.807, 2.05) is 11.2 Å². The Labute approximate surface area is 226 Å². The summed E-state index contributed by atoms with van der Waals surface area (Å²) in [4.78, 5) is 28.9. The number of nitrogens with two attached hydrogens (primary N) is 1. The molecule has 0 bridgehead atoms. The highest BCUT2D eigenvalue weighted by Gasteiger charge is 2.26. The number of piperidine rings is 1. The molecule has 0 unspecified atom stereocenters. The first kappa shape index (κ1) is 28.7. The maximum absolute atomic E-state index is 12.3. The monoisotopic (exact) mass is 540 g/mol. The van der Waals surface area contributed by atoms with Gasteiger partial charge in [-0.2, -0.15) is 9.97 Å². The van der Waals surface area contributed by atoms with Crippen molar-refractivity contribution in [2.45, 2.75) is 108 Å². The molecule has 0 atom stereocenters. The molecule has 9 nitrogen and oxygen atoms in total. The molecule has 0 spiro atoms. The van der Waals surface area contributed by atoms with Crippen LogP contribution >= 0.6 is 24.8 Å². The van der Waals surface area contributed by atoms with Gasteiger partial charge in [0.25, 0.3) is 0 Å². The number of rotatable bonds is 7. The number of carbonyl (C=O) groups is 1. The zero-order chi connectivity index (χ0) is 23.5. The van der Waals surface area contributed by atoms with Gasteiger partial charge in [-0.15, -0.1) is 24.8 Å². The van der Waals surface area contributed by atoms with Gasteiger partial charge in [0.1, 0.15) is 0 Å². The average Bonchev–Trinajstić information content (AvgIpc) is 3.51. The third-order valence-corrected chi connectivity index (χ3v) is 7.90. The second-order valence-electron chi connectivity index (χ2n) is 10.5. The van der Waals surface area contributed by atoms with Gasteiger partial charge in [0, 0.05) is 43.7 Å². The van der Waals surface area contributed by atoms with Crippen LogP contribution in [0, 0.1) is 0 Å². The number of carbonyl (C=O) groups excluding carboxylic acids is 1. The van der Waals surface area contributed by atoms with Crippen LogP contribution in [0.4, 0.5) is 11.8 Å². The van der Waals surface area contributed by atoms with E-state index in [1.54, 1.807) is 0 Å². The van der Waals surface area contributed by atoms with Crippen LogP contribution in [0.1, 0.15) is 90.0 Å². The Bertz CT molecular complexity index is 980. The third kappa shape index (κ3) is 6.53. The van der Waals surface area contributed by atoms with Crippen LogP contribution in [0.5, 0.6) is 0 Å². The number of nitrogens with zero attached hydrogens (tertiary/aromatic N) is 5. The molecule has 1 amide bonds. The van der Waals surface area contributed by atoms with Crippen molar-refractivity contribution < 1.29 is 4.79 Å². The van der Waals surface area contributed by atoms with Crippen LogP contribution in [0.3, 0.4) is 0 Å². The van der Waals surface area contributed by atoms with Crippen molar-refractivity contribution in [3.8, 4) is 0 Å². The van der Waals surface area contributed by atoms with Crippen molar-refractivity contribution in [2.24, 2.45) is 5.73 Å². The summed E-state index contributed by atoms with van der Waals surface area (Å²) in [6.07, 6.45) is 14.4. The van der Waals surface area contributed by atoms with E-state index in [0.29, 0.717) is 30.5 Å². The molecule has 4 N–H and O–H groups in total. The molecule has 3 aliphatic rings. The molecule has 2 aliphatic carbocycles.